The van der Waals surface area contributed by atoms with Crippen LogP contribution in [-0.4, -0.2) is 53.0 Å². The van der Waals surface area contributed by atoms with Crippen LogP contribution in [0.3, 0.4) is 0 Å². The average Bonchev–Trinajstić information content (AvgIpc) is 3.12. The standard InChI is InChI=1S/C24H25N2O6/c1-31-13-4-2-3-12(9-13)23(29)25-16-6-5-15-17-10-14-20-19(11-18(27)21(14)28)32-22(16)24(15,20)7-8-26(17)30/h2-4,9,11,15-17,22,27-28H,5-8,10H2,1H3,(H,25,29)/q-1/t15-,16+,17+,22-,24-/m0/s1. The van der Waals surface area contributed by atoms with E-state index in [1.807, 2.05) is 0 Å². The second-order valence-corrected chi connectivity index (χ2v) is 9.33. The largest absolute Gasteiger partial charge is 0.785 e. The molecule has 8 heteroatoms. The molecule has 32 heavy (non-hydrogen) atoms. The zero-order valence-electron chi connectivity index (χ0n) is 17.7. The van der Waals surface area contributed by atoms with E-state index in [1.54, 1.807) is 31.4 Å². The van der Waals surface area contributed by atoms with Crippen molar-refractivity contribution in [2.24, 2.45) is 5.92 Å². The molecule has 2 fully saturated rings. The Balaban J connectivity index is 1.40. The Morgan fingerprint density at radius 3 is 2.97 bits per heavy atom. The van der Waals surface area contributed by atoms with E-state index in [-0.39, 0.29) is 41.5 Å². The van der Waals surface area contributed by atoms with Crippen molar-refractivity contribution in [3.63, 3.8) is 0 Å². The van der Waals surface area contributed by atoms with Crippen LogP contribution >= 0.6 is 0 Å². The zero-order chi connectivity index (χ0) is 22.2. The van der Waals surface area contributed by atoms with Gasteiger partial charge in [0.1, 0.15) is 17.6 Å². The van der Waals surface area contributed by atoms with Gasteiger partial charge < -0.3 is 35.3 Å². The molecule has 1 saturated carbocycles. The predicted octanol–water partition coefficient (Wildman–Crippen LogP) is 2.44. The monoisotopic (exact) mass is 437 g/mol. The van der Waals surface area contributed by atoms with Crippen LogP contribution in [-0.2, 0) is 11.8 Å². The normalized spacial score (nSPS) is 32.1. The molecule has 5 atom stereocenters. The highest BCUT2D eigenvalue weighted by atomic mass is 16.5. The molecule has 3 N–H and O–H groups in total. The number of hydrogen-bond acceptors (Lipinski definition) is 7. The second-order valence-electron chi connectivity index (χ2n) is 9.33. The third kappa shape index (κ3) is 2.47. The SMILES string of the molecule is COc1cccc(C(=O)N[C@@H]2CC[C@H]3[C@H]4Cc5c(O)c(O)cc6c5[C@@]3(CCN4[O-])[C@H]2O6)c1. The minimum Gasteiger partial charge on any atom is -0.785 e. The summed E-state index contributed by atoms with van der Waals surface area (Å²) < 4.78 is 11.7. The smallest absolute Gasteiger partial charge is 0.251 e. The van der Waals surface area contributed by atoms with Gasteiger partial charge in [0.15, 0.2) is 11.5 Å². The van der Waals surface area contributed by atoms with Crippen LogP contribution in [0.1, 0.15) is 40.7 Å². The van der Waals surface area contributed by atoms with Crippen molar-refractivity contribution < 1.29 is 24.5 Å². The molecule has 2 bridgehead atoms. The van der Waals surface area contributed by atoms with E-state index in [4.69, 9.17) is 9.47 Å². The molecule has 4 aliphatic rings. The van der Waals surface area contributed by atoms with Gasteiger partial charge in [0.25, 0.3) is 5.91 Å². The van der Waals surface area contributed by atoms with Crippen molar-refractivity contribution in [3.8, 4) is 23.0 Å². The highest BCUT2D eigenvalue weighted by Crippen LogP contribution is 2.64. The molecule has 0 radical (unpaired) electrons. The van der Waals surface area contributed by atoms with Crippen molar-refractivity contribution in [2.45, 2.75) is 49.3 Å². The van der Waals surface area contributed by atoms with Gasteiger partial charge in [-0.3, -0.25) is 4.79 Å². The molecule has 2 aromatic carbocycles. The minimum absolute atomic E-state index is 0.0846. The number of amides is 1. The number of aromatic hydroxyl groups is 2. The number of ether oxygens (including phenoxy) is 2. The fourth-order valence-electron chi connectivity index (χ4n) is 6.75. The number of rotatable bonds is 3. The number of nitrogens with zero attached hydrogens (tertiary/aromatic N) is 1. The lowest BCUT2D eigenvalue weighted by Crippen LogP contribution is -2.68. The number of hydroxylamine groups is 2. The molecule has 0 aromatic heterocycles. The summed E-state index contributed by atoms with van der Waals surface area (Å²) in [6.07, 6.45) is 2.11. The first-order valence-corrected chi connectivity index (χ1v) is 11.1. The fraction of sp³-hybridized carbons (Fsp3) is 0.458. The number of carbonyl (C=O) groups is 1. The fourth-order valence-corrected chi connectivity index (χ4v) is 6.75. The molecule has 2 aliphatic heterocycles. The van der Waals surface area contributed by atoms with E-state index < -0.39 is 5.41 Å². The lowest BCUT2D eigenvalue weighted by Gasteiger charge is -2.61. The Kier molecular flexibility index (Phi) is 4.16. The summed E-state index contributed by atoms with van der Waals surface area (Å²) in [5.74, 6) is 0.654. The van der Waals surface area contributed by atoms with Gasteiger partial charge in [-0.15, -0.1) is 0 Å². The summed E-state index contributed by atoms with van der Waals surface area (Å²) in [7, 11) is 1.56. The second kappa shape index (κ2) is 6.76. The molecule has 2 heterocycles. The lowest BCUT2D eigenvalue weighted by atomic mass is 9.51. The molecular weight excluding hydrogens is 412 g/mol. The van der Waals surface area contributed by atoms with Gasteiger partial charge in [-0.25, -0.2) is 0 Å². The van der Waals surface area contributed by atoms with Crippen LogP contribution in [0, 0.1) is 11.1 Å². The number of phenols is 2. The summed E-state index contributed by atoms with van der Waals surface area (Å²) in [6, 6.07) is 7.96. The Labute approximate surface area is 185 Å². The maximum atomic E-state index is 13.1. The number of methoxy groups -OCH3 is 1. The number of hydrogen-bond donors (Lipinski definition) is 3. The summed E-state index contributed by atoms with van der Waals surface area (Å²) in [6.45, 7) is 0.387. The van der Waals surface area contributed by atoms with Gasteiger partial charge in [-0.1, -0.05) is 6.07 Å². The minimum atomic E-state index is -0.454. The van der Waals surface area contributed by atoms with Crippen molar-refractivity contribution in [1.82, 2.24) is 10.4 Å². The summed E-state index contributed by atoms with van der Waals surface area (Å²) in [5.41, 5.74) is 1.59. The quantitative estimate of drug-likeness (QED) is 0.632. The third-order valence-corrected chi connectivity index (χ3v) is 8.03. The number of phenolic OH excluding ortho intramolecular Hbond substituents is 2. The first-order chi connectivity index (χ1) is 15.4. The molecule has 8 nitrogen and oxygen atoms in total. The van der Waals surface area contributed by atoms with E-state index in [2.05, 4.69) is 5.32 Å². The van der Waals surface area contributed by atoms with Gasteiger partial charge in [-0.2, -0.15) is 0 Å². The first kappa shape index (κ1) is 19.7. The molecule has 1 spiro atoms. The Hall–Kier alpha value is -2.97. The molecule has 0 unspecified atom stereocenters. The van der Waals surface area contributed by atoms with Gasteiger partial charge >= 0.3 is 0 Å². The maximum absolute atomic E-state index is 13.1. The molecule has 1 saturated heterocycles. The maximum Gasteiger partial charge on any atom is 0.251 e. The van der Waals surface area contributed by atoms with Crippen molar-refractivity contribution >= 4 is 5.91 Å². The Bertz CT molecular complexity index is 1120. The van der Waals surface area contributed by atoms with Crippen molar-refractivity contribution in [3.05, 3.63) is 52.2 Å². The number of nitrogens with one attached hydrogen (secondary N) is 1. The average molecular weight is 437 g/mol. The first-order valence-electron chi connectivity index (χ1n) is 11.1. The topological polar surface area (TPSA) is 114 Å². The third-order valence-electron chi connectivity index (χ3n) is 8.03. The molecule has 6 rings (SSSR count). The van der Waals surface area contributed by atoms with Gasteiger partial charge in [0.05, 0.1) is 13.2 Å². The van der Waals surface area contributed by atoms with Crippen molar-refractivity contribution in [1.29, 1.82) is 0 Å². The van der Waals surface area contributed by atoms with Crippen molar-refractivity contribution in [2.75, 3.05) is 13.7 Å². The number of carbonyl (C=O) groups excluding carboxylic acids is 1. The van der Waals surface area contributed by atoms with E-state index in [0.717, 1.165) is 17.0 Å². The van der Waals surface area contributed by atoms with E-state index >= 15 is 0 Å². The van der Waals surface area contributed by atoms with Crippen LogP contribution in [0.5, 0.6) is 23.0 Å². The highest BCUT2D eigenvalue weighted by Gasteiger charge is 2.65. The van der Waals surface area contributed by atoms with Gasteiger partial charge in [0, 0.05) is 34.2 Å². The molecule has 2 aromatic rings. The van der Waals surface area contributed by atoms with Gasteiger partial charge in [-0.05, 0) is 56.3 Å². The highest BCUT2D eigenvalue weighted by molar-refractivity contribution is 5.94. The summed E-state index contributed by atoms with van der Waals surface area (Å²) in [5, 5.41) is 37.9. The molecular formula is C24H25N2O6-. The van der Waals surface area contributed by atoms with Crippen LogP contribution in [0.15, 0.2) is 30.3 Å². The molecule has 2 aliphatic carbocycles. The summed E-state index contributed by atoms with van der Waals surface area (Å²) in [4.78, 5) is 13.1. The van der Waals surface area contributed by atoms with Crippen LogP contribution in [0.4, 0.5) is 0 Å². The van der Waals surface area contributed by atoms with E-state index in [1.165, 1.54) is 6.07 Å². The summed E-state index contributed by atoms with van der Waals surface area (Å²) >= 11 is 0. The lowest BCUT2D eigenvalue weighted by molar-refractivity contribution is -0.0497. The number of benzene rings is 2. The predicted molar refractivity (Wildman–Crippen MR) is 115 cm³/mol. The zero-order valence-corrected chi connectivity index (χ0v) is 17.7. The van der Waals surface area contributed by atoms with E-state index in [9.17, 15) is 20.2 Å². The number of piperidine rings is 1. The molecule has 1 amide bonds. The van der Waals surface area contributed by atoms with Gasteiger partial charge in [0.2, 0.25) is 0 Å². The van der Waals surface area contributed by atoms with Crippen LogP contribution < -0.4 is 14.8 Å². The Morgan fingerprint density at radius 2 is 2.16 bits per heavy atom. The van der Waals surface area contributed by atoms with E-state index in [0.29, 0.717) is 48.4 Å². The molecule has 168 valence electrons. The van der Waals surface area contributed by atoms with Crippen LogP contribution in [0.2, 0.25) is 0 Å². The van der Waals surface area contributed by atoms with Crippen LogP contribution in [0.25, 0.3) is 0 Å². The Morgan fingerprint density at radius 1 is 1.31 bits per heavy atom.